The van der Waals surface area contributed by atoms with Crippen molar-refractivity contribution in [1.82, 2.24) is 20.7 Å². The second-order valence-corrected chi connectivity index (χ2v) is 10.3. The zero-order valence-electron chi connectivity index (χ0n) is 24.9. The highest BCUT2D eigenvalue weighted by Gasteiger charge is 2.32. The average Bonchev–Trinajstić information content (AvgIpc) is 3.02. The molecule has 3 amide bonds. The monoisotopic (exact) mass is 588 g/mol. The van der Waals surface area contributed by atoms with Gasteiger partial charge in [-0.25, -0.2) is 14.8 Å². The number of unbranched alkanes of at least 4 members (excludes halogenated alkanes) is 2. The van der Waals surface area contributed by atoms with E-state index in [-0.39, 0.29) is 30.4 Å². The molecule has 0 radical (unpaired) electrons. The summed E-state index contributed by atoms with van der Waals surface area (Å²) in [6.07, 6.45) is 4.44. The molecule has 0 aliphatic carbocycles. The molecule has 3 rings (SSSR count). The maximum atomic E-state index is 13.4. The number of carbonyl (C=O) groups is 4. The second-order valence-electron chi connectivity index (χ2n) is 10.3. The highest BCUT2D eigenvalue weighted by molar-refractivity contribution is 5.93. The average molecular weight is 589 g/mol. The number of rotatable bonds is 17. The van der Waals surface area contributed by atoms with Gasteiger partial charge in [0.2, 0.25) is 12.3 Å². The van der Waals surface area contributed by atoms with Crippen molar-refractivity contribution >= 4 is 24.2 Å². The van der Waals surface area contributed by atoms with Crippen LogP contribution >= 0.6 is 0 Å². The lowest BCUT2D eigenvalue weighted by Gasteiger charge is -2.32. The summed E-state index contributed by atoms with van der Waals surface area (Å²) in [6.45, 7) is 5.85. The van der Waals surface area contributed by atoms with Crippen molar-refractivity contribution in [1.29, 1.82) is 0 Å². The second kappa shape index (κ2) is 16.8. The van der Waals surface area contributed by atoms with E-state index in [0.717, 1.165) is 24.8 Å². The van der Waals surface area contributed by atoms with Crippen LogP contribution < -0.4 is 10.6 Å². The standard InChI is InChI=1S/C33H40N4O6/c1-4-6-8-14-27(30(5-2)37(22-38)43-20-24-12-9-7-10-13-24)31(39)34-21-35-32(40)29-16-11-15-28(36-29)26-18-17-25(33(41)42)19-23(26)3/h7,9-13,15-19,22,27,30H,4-6,8,14,20-21H2,1-3H3,(H,34,39)(H,35,40)(H,41,42)/t27-,30-/m1/s1. The van der Waals surface area contributed by atoms with Gasteiger partial charge < -0.3 is 15.7 Å². The van der Waals surface area contributed by atoms with Crippen molar-refractivity contribution in [2.45, 2.75) is 65.5 Å². The number of carbonyl (C=O) groups excluding carboxylic acids is 3. The zero-order chi connectivity index (χ0) is 31.2. The van der Waals surface area contributed by atoms with Gasteiger partial charge in [0, 0.05) is 5.56 Å². The number of nitrogens with zero attached hydrogens (tertiary/aromatic N) is 2. The number of hydrogen-bond donors (Lipinski definition) is 3. The predicted molar refractivity (Wildman–Crippen MR) is 163 cm³/mol. The van der Waals surface area contributed by atoms with Gasteiger partial charge in [-0.1, -0.05) is 75.6 Å². The fourth-order valence-electron chi connectivity index (χ4n) is 4.91. The Labute approximate surface area is 252 Å². The van der Waals surface area contributed by atoms with Crippen molar-refractivity contribution in [3.8, 4) is 11.3 Å². The minimum absolute atomic E-state index is 0.122. The van der Waals surface area contributed by atoms with Crippen LogP contribution in [0.5, 0.6) is 0 Å². The third-order valence-corrected chi connectivity index (χ3v) is 7.23. The maximum Gasteiger partial charge on any atom is 0.335 e. The molecule has 1 heterocycles. The van der Waals surface area contributed by atoms with Gasteiger partial charge in [0.25, 0.3) is 5.91 Å². The van der Waals surface area contributed by atoms with Crippen LogP contribution in [-0.2, 0) is 21.0 Å². The summed E-state index contributed by atoms with van der Waals surface area (Å²) in [6, 6.07) is 18.7. The van der Waals surface area contributed by atoms with Crippen molar-refractivity contribution in [3.63, 3.8) is 0 Å². The fraction of sp³-hybridized carbons (Fsp3) is 0.364. The van der Waals surface area contributed by atoms with E-state index in [4.69, 9.17) is 4.84 Å². The lowest BCUT2D eigenvalue weighted by atomic mass is 9.90. The molecule has 0 aliphatic rings. The van der Waals surface area contributed by atoms with E-state index in [9.17, 15) is 24.3 Å². The Morgan fingerprint density at radius 3 is 2.42 bits per heavy atom. The van der Waals surface area contributed by atoms with Crippen LogP contribution in [0.4, 0.5) is 0 Å². The number of aromatic nitrogens is 1. The molecule has 1 aromatic heterocycles. The van der Waals surface area contributed by atoms with Crippen molar-refractivity contribution in [3.05, 3.63) is 89.1 Å². The third-order valence-electron chi connectivity index (χ3n) is 7.23. The molecule has 0 saturated heterocycles. The molecule has 10 heteroatoms. The molecular formula is C33H40N4O6. The smallest absolute Gasteiger partial charge is 0.335 e. The first-order valence-electron chi connectivity index (χ1n) is 14.6. The summed E-state index contributed by atoms with van der Waals surface area (Å²) >= 11 is 0. The number of amides is 3. The highest BCUT2D eigenvalue weighted by Crippen LogP contribution is 2.24. The normalized spacial score (nSPS) is 12.2. The van der Waals surface area contributed by atoms with Crippen molar-refractivity contribution in [2.75, 3.05) is 6.67 Å². The maximum absolute atomic E-state index is 13.4. The number of pyridine rings is 1. The molecule has 43 heavy (non-hydrogen) atoms. The number of aromatic carboxylic acids is 1. The molecule has 228 valence electrons. The molecule has 0 aliphatic heterocycles. The van der Waals surface area contributed by atoms with E-state index in [1.165, 1.54) is 11.1 Å². The Kier molecular flexibility index (Phi) is 12.8. The van der Waals surface area contributed by atoms with Crippen LogP contribution in [0, 0.1) is 12.8 Å². The number of hydroxylamine groups is 2. The van der Waals surface area contributed by atoms with Gasteiger partial charge in [0.15, 0.2) is 0 Å². The van der Waals surface area contributed by atoms with Crippen LogP contribution in [0.2, 0.25) is 0 Å². The van der Waals surface area contributed by atoms with Crippen LogP contribution in [0.1, 0.15) is 77.9 Å². The molecule has 3 aromatic rings. The molecular weight excluding hydrogens is 548 g/mol. The Balaban J connectivity index is 1.65. The van der Waals surface area contributed by atoms with E-state index in [1.807, 2.05) is 37.3 Å². The fourth-order valence-corrected chi connectivity index (χ4v) is 4.91. The lowest BCUT2D eigenvalue weighted by Crippen LogP contribution is -2.48. The summed E-state index contributed by atoms with van der Waals surface area (Å²) in [5, 5.41) is 16.0. The SMILES string of the molecule is CCCCC[C@@H](C(=O)NCNC(=O)c1cccc(-c2ccc(C(=O)O)cc2C)n1)[C@@H](CC)N(C=O)OCc1ccccc1. The molecule has 0 bridgehead atoms. The van der Waals surface area contributed by atoms with E-state index >= 15 is 0 Å². The Morgan fingerprint density at radius 1 is 1.00 bits per heavy atom. The largest absolute Gasteiger partial charge is 0.478 e. The van der Waals surface area contributed by atoms with Crippen LogP contribution in [0.15, 0.2) is 66.7 Å². The Bertz CT molecular complexity index is 1380. The number of carboxylic acid groups (broad SMARTS) is 1. The molecule has 2 atom stereocenters. The van der Waals surface area contributed by atoms with Crippen molar-refractivity contribution < 1.29 is 29.1 Å². The van der Waals surface area contributed by atoms with Crippen LogP contribution in [-0.4, -0.2) is 52.1 Å². The Morgan fingerprint density at radius 2 is 1.77 bits per heavy atom. The Hall–Kier alpha value is -4.57. The predicted octanol–water partition coefficient (Wildman–Crippen LogP) is 5.12. The topological polar surface area (TPSA) is 138 Å². The number of nitrogens with one attached hydrogen (secondary N) is 2. The summed E-state index contributed by atoms with van der Waals surface area (Å²) in [7, 11) is 0. The molecule has 3 N–H and O–H groups in total. The first-order chi connectivity index (χ1) is 20.8. The van der Waals surface area contributed by atoms with Gasteiger partial charge >= 0.3 is 5.97 Å². The van der Waals surface area contributed by atoms with Crippen LogP contribution in [0.3, 0.4) is 0 Å². The summed E-state index contributed by atoms with van der Waals surface area (Å²) in [4.78, 5) is 59.8. The third kappa shape index (κ3) is 9.47. The number of carboxylic acids is 1. The van der Waals surface area contributed by atoms with E-state index in [0.29, 0.717) is 36.1 Å². The summed E-state index contributed by atoms with van der Waals surface area (Å²) < 4.78 is 0. The van der Waals surface area contributed by atoms with Gasteiger partial charge in [-0.05, 0) is 55.2 Å². The number of benzene rings is 2. The van der Waals surface area contributed by atoms with Gasteiger partial charge in [0.1, 0.15) is 12.3 Å². The minimum atomic E-state index is -1.02. The molecule has 0 unspecified atom stereocenters. The van der Waals surface area contributed by atoms with Crippen LogP contribution in [0.25, 0.3) is 11.3 Å². The molecule has 10 nitrogen and oxygen atoms in total. The molecule has 0 fully saturated rings. The lowest BCUT2D eigenvalue weighted by molar-refractivity contribution is -0.200. The summed E-state index contributed by atoms with van der Waals surface area (Å²) in [5.74, 6) is -2.31. The van der Waals surface area contributed by atoms with Gasteiger partial charge in [-0.15, -0.1) is 0 Å². The number of hydrogen-bond acceptors (Lipinski definition) is 6. The highest BCUT2D eigenvalue weighted by atomic mass is 16.7. The first-order valence-corrected chi connectivity index (χ1v) is 14.6. The van der Waals surface area contributed by atoms with Gasteiger partial charge in [-0.2, -0.15) is 0 Å². The van der Waals surface area contributed by atoms with E-state index in [2.05, 4.69) is 22.5 Å². The quantitative estimate of drug-likeness (QED) is 0.0861. The summed E-state index contributed by atoms with van der Waals surface area (Å²) in [5.41, 5.74) is 3.18. The van der Waals surface area contributed by atoms with E-state index < -0.39 is 23.8 Å². The van der Waals surface area contributed by atoms with E-state index in [1.54, 1.807) is 37.3 Å². The first kappa shape index (κ1) is 32.9. The van der Waals surface area contributed by atoms with Gasteiger partial charge in [0.05, 0.1) is 29.9 Å². The number of aryl methyl sites for hydroxylation is 1. The molecule has 0 saturated carbocycles. The minimum Gasteiger partial charge on any atom is -0.478 e. The van der Waals surface area contributed by atoms with Gasteiger partial charge in [-0.3, -0.25) is 19.2 Å². The molecule has 0 spiro atoms. The zero-order valence-corrected chi connectivity index (χ0v) is 24.9. The van der Waals surface area contributed by atoms with Crippen molar-refractivity contribution in [2.24, 2.45) is 5.92 Å². The molecule has 2 aromatic carbocycles.